The Kier molecular flexibility index (Phi) is 36.9. The van der Waals surface area contributed by atoms with E-state index in [4.69, 9.17) is 56.8 Å². The molecule has 23 heteroatoms. The molecule has 0 saturated heterocycles. The molecule has 0 atom stereocenters. The molecule has 0 aliphatic carbocycles. The number of ether oxygens (including phenoxy) is 12. The molecule has 0 unspecified atom stereocenters. The third-order valence-electron chi connectivity index (χ3n) is 19.8. The molecule has 18 nitrogen and oxygen atoms in total. The van der Waals surface area contributed by atoms with Crippen LogP contribution in [0.3, 0.4) is 0 Å². The van der Waals surface area contributed by atoms with Crippen LogP contribution < -0.4 is 56.8 Å². The van der Waals surface area contributed by atoms with Gasteiger partial charge in [-0.2, -0.15) is 0 Å². The third-order valence-corrected chi connectivity index (χ3v) is 25.2. The first-order valence-corrected chi connectivity index (χ1v) is 49.6. The maximum Gasteiger partial charge on any atom is 0.154 e. The van der Waals surface area contributed by atoms with Gasteiger partial charge >= 0.3 is 0 Å². The minimum atomic E-state index is -4.53. The summed E-state index contributed by atoms with van der Waals surface area (Å²) in [6, 6.07) is 105. The molecule has 14 rings (SSSR count). The second-order valence-electron chi connectivity index (χ2n) is 29.5. The molecule has 0 fully saturated rings. The highest BCUT2D eigenvalue weighted by molar-refractivity contribution is 7.96. The van der Waals surface area contributed by atoms with Crippen molar-refractivity contribution in [3.8, 4) is 136 Å². The van der Waals surface area contributed by atoms with Crippen molar-refractivity contribution in [1.82, 2.24) is 0 Å². The molecule has 666 valence electrons. The Labute approximate surface area is 769 Å². The quantitative estimate of drug-likeness (QED) is 0.0150. The average Bonchev–Trinajstić information content (AvgIpc) is 0.802. The van der Waals surface area contributed by atoms with Crippen molar-refractivity contribution in [3.63, 3.8) is 0 Å². The summed E-state index contributed by atoms with van der Waals surface area (Å²) < 4.78 is 138. The summed E-state index contributed by atoms with van der Waals surface area (Å²) in [5.74, 6) is 8.58. The van der Waals surface area contributed by atoms with E-state index >= 15 is 0 Å². The molecule has 0 aromatic heterocycles. The van der Waals surface area contributed by atoms with Crippen molar-refractivity contribution >= 4 is 52.9 Å². The molecule has 0 radical (unpaired) electrons. The van der Waals surface area contributed by atoms with Crippen molar-refractivity contribution in [2.45, 2.75) is 31.4 Å². The van der Waals surface area contributed by atoms with Gasteiger partial charge in [0.25, 0.3) is 0 Å². The minimum Gasteiger partial charge on any atom is -0.744 e. The summed E-state index contributed by atoms with van der Waals surface area (Å²) in [6.07, 6.45) is 13.3. The van der Waals surface area contributed by atoms with E-state index in [-0.39, 0.29) is 91.2 Å². The van der Waals surface area contributed by atoms with E-state index < -0.39 is 20.2 Å². The van der Waals surface area contributed by atoms with Crippen LogP contribution in [-0.2, 0) is 52.9 Å². The molecule has 0 aliphatic rings. The van der Waals surface area contributed by atoms with Crippen LogP contribution in [-0.4, -0.2) is 143 Å². The maximum absolute atomic E-state index is 11.2. The van der Waals surface area contributed by atoms with Gasteiger partial charge in [-0.15, -0.1) is 0 Å². The Morgan fingerprint density at radius 2 is 0.318 bits per heavy atom. The van der Waals surface area contributed by atoms with Gasteiger partial charge in [0.2, 0.25) is 0 Å². The van der Waals surface area contributed by atoms with Crippen molar-refractivity contribution in [3.05, 3.63) is 355 Å². The SMILES string of the molecule is C[S+](C)c1ccc(OCCOc2ccc(-c3cc(-c4ccc(OCCOc5ccc([S+](C)C)cc5)cc4)cc(-c4ccc(OCCOc5ccc([S+](C)C)cc5)cc4)c3)cc2)cc1.Cc1ccc(OCCOc2ccc(-c3cc(-c4ccc(OCCOc5ccc(S(=O)(=O)[O-])cc5)cc4)cc(-c4ccc(OCCOc5ccc(S(=O)(=O)[O-])cc5)cc4)c3)cc2)cc1.[CH3+].[CH3+].[CH3+]. The zero-order valence-corrected chi connectivity index (χ0v) is 78.1. The largest absolute Gasteiger partial charge is 0.744 e. The zero-order chi connectivity index (χ0) is 88.2. The Hall–Kier alpha value is -12.8. The molecule has 0 bridgehead atoms. The summed E-state index contributed by atoms with van der Waals surface area (Å²) >= 11 is 0. The topological polar surface area (TPSA) is 225 Å². The highest BCUT2D eigenvalue weighted by Gasteiger charge is 2.17. The van der Waals surface area contributed by atoms with Gasteiger partial charge in [0.15, 0.2) is 14.7 Å². The molecule has 0 aliphatic heterocycles. The van der Waals surface area contributed by atoms with Gasteiger partial charge in [-0.05, 0) is 316 Å². The second kappa shape index (κ2) is 48.4. The van der Waals surface area contributed by atoms with Gasteiger partial charge in [-0.25, -0.2) is 16.8 Å². The Bertz CT molecular complexity index is 5560. The first kappa shape index (κ1) is 98.3. The van der Waals surface area contributed by atoms with E-state index in [0.717, 1.165) is 113 Å². The molecule has 0 spiro atoms. The fraction of sp³-hybridized carbons (Fsp3) is 0.179. The van der Waals surface area contributed by atoms with Gasteiger partial charge in [0, 0.05) is 55.0 Å². The zero-order valence-electron chi connectivity index (χ0n) is 74.1. The lowest BCUT2D eigenvalue weighted by atomic mass is 9.93. The van der Waals surface area contributed by atoms with E-state index in [2.05, 4.69) is 147 Å². The Morgan fingerprint density at radius 3 is 0.450 bits per heavy atom. The van der Waals surface area contributed by atoms with Crippen LogP contribution >= 0.6 is 0 Å². The number of hydrogen-bond acceptors (Lipinski definition) is 18. The number of rotatable bonds is 41. The molecule has 0 amide bonds. The van der Waals surface area contributed by atoms with Crippen molar-refractivity contribution < 1.29 is 82.8 Å². The average molecular weight is 1830 g/mol. The monoisotopic (exact) mass is 1830 g/mol. The molecule has 14 aromatic rings. The van der Waals surface area contributed by atoms with Crippen LogP contribution in [0.5, 0.6) is 69.0 Å². The summed E-state index contributed by atoms with van der Waals surface area (Å²) in [6.45, 7) is 6.45. The molecule has 129 heavy (non-hydrogen) atoms. The van der Waals surface area contributed by atoms with Gasteiger partial charge in [0.05, 0.1) is 9.79 Å². The molecular weight excluding hydrogens is 1720 g/mol. The normalized spacial score (nSPS) is 11.0. The van der Waals surface area contributed by atoms with Gasteiger partial charge in [-0.3, -0.25) is 0 Å². The van der Waals surface area contributed by atoms with E-state index in [1.54, 1.807) is 0 Å². The first-order valence-electron chi connectivity index (χ1n) is 40.7. The molecule has 0 heterocycles. The predicted molar refractivity (Wildman–Crippen MR) is 522 cm³/mol. The standard InChI is InChI=1S/C54H57O6S3.C49H44O12S2.3CH3/c1-61(2)52-25-19-49(20-26-52)58-34-31-55-46-13-7-40(8-14-46)43-37-44(41-9-15-47(16-10-41)56-32-35-59-50-21-27-53(28-22-50)62(3)4)39-45(38-43)42-11-17-48(18-12-42)57-33-36-60-51-23-29-54(30-24-51)63(5)6;1-35-2-10-42(11-3-35)56-26-27-57-43-12-4-36(5-13-43)39-32-40(37-6-14-44(15-7-37)58-28-30-60-46-18-22-48(23-19-46)62(50,51)52)34-41(33-39)38-8-16-45(17-9-38)59-29-31-61-47-20-24-49(25-21-47)63(53,54)55;;;/h7-30,37-39H,31-36H2,1-6H3;2-25,32-34H,26-31H2,1H3,(H,50,51,52)(H,53,54,55);3*1H3/q+3;;3*+1/p-2. The van der Waals surface area contributed by atoms with Gasteiger partial charge in [0.1, 0.15) is 206 Å². The van der Waals surface area contributed by atoms with Crippen LogP contribution in [0.2, 0.25) is 0 Å². The van der Waals surface area contributed by atoms with E-state index in [9.17, 15) is 25.9 Å². The van der Waals surface area contributed by atoms with E-state index in [0.29, 0.717) is 75.9 Å². The third kappa shape index (κ3) is 30.1. The maximum atomic E-state index is 11.2. The summed E-state index contributed by atoms with van der Waals surface area (Å²) in [7, 11) is -8.38. The lowest BCUT2D eigenvalue weighted by molar-refractivity contribution is 0.217. The lowest BCUT2D eigenvalue weighted by Crippen LogP contribution is -2.09. The second-order valence-corrected chi connectivity index (χ2v) is 38.5. The van der Waals surface area contributed by atoms with Crippen LogP contribution in [0.25, 0.3) is 66.8 Å². The molecule has 14 aromatic carbocycles. The van der Waals surface area contributed by atoms with Crippen molar-refractivity contribution in [2.24, 2.45) is 0 Å². The molecular formula is C106H108O18S5+4. The van der Waals surface area contributed by atoms with Crippen molar-refractivity contribution in [1.29, 1.82) is 0 Å². The smallest absolute Gasteiger partial charge is 0.154 e. The number of hydrogen-bond donors (Lipinski definition) is 0. The minimum absolute atomic E-state index is 0. The molecule has 0 saturated carbocycles. The van der Waals surface area contributed by atoms with Gasteiger partial charge in [-0.1, -0.05) is 90.5 Å². The van der Waals surface area contributed by atoms with Crippen molar-refractivity contribution in [2.75, 3.05) is 117 Å². The fourth-order valence-corrected chi connectivity index (χ4v) is 16.1. The first-order chi connectivity index (χ1) is 61.0. The highest BCUT2D eigenvalue weighted by atomic mass is 32.2. The summed E-state index contributed by atoms with van der Waals surface area (Å²) in [5.41, 5.74) is 13.6. The predicted octanol–water partition coefficient (Wildman–Crippen LogP) is 22.3. The molecule has 0 N–H and O–H groups in total. The van der Waals surface area contributed by atoms with E-state index in [1.165, 1.54) is 68.8 Å². The van der Waals surface area contributed by atoms with Crippen LogP contribution in [0.4, 0.5) is 0 Å². The van der Waals surface area contributed by atoms with Gasteiger partial charge < -0.3 is 65.9 Å². The fourth-order valence-electron chi connectivity index (χ4n) is 13.1. The van der Waals surface area contributed by atoms with E-state index in [1.807, 2.05) is 177 Å². The number of benzene rings is 14. The van der Waals surface area contributed by atoms with Crippen LogP contribution in [0.1, 0.15) is 5.56 Å². The Balaban J connectivity index is 0.000000262. The summed E-state index contributed by atoms with van der Waals surface area (Å²) in [5, 5.41) is 0. The van der Waals surface area contributed by atoms with Crippen LogP contribution in [0.15, 0.2) is 352 Å². The highest BCUT2D eigenvalue weighted by Crippen LogP contribution is 2.38. The Morgan fingerprint density at radius 1 is 0.194 bits per heavy atom. The van der Waals surface area contributed by atoms with Crippen LogP contribution in [0, 0.1) is 29.2 Å². The summed E-state index contributed by atoms with van der Waals surface area (Å²) in [4.78, 5) is 3.33. The lowest BCUT2D eigenvalue weighted by Gasteiger charge is -2.14. The number of aryl methyl sites for hydroxylation is 1.